The highest BCUT2D eigenvalue weighted by atomic mass is 16.2. The monoisotopic (exact) mass is 380 g/mol. The van der Waals surface area contributed by atoms with Gasteiger partial charge in [-0.1, -0.05) is 38.8 Å². The lowest BCUT2D eigenvalue weighted by molar-refractivity contribution is -0.125. The van der Waals surface area contributed by atoms with E-state index in [0.29, 0.717) is 17.5 Å². The summed E-state index contributed by atoms with van der Waals surface area (Å²) >= 11 is 0. The van der Waals surface area contributed by atoms with Gasteiger partial charge in [-0.3, -0.25) is 14.3 Å². The van der Waals surface area contributed by atoms with Gasteiger partial charge in [-0.05, 0) is 44.2 Å². The second-order valence-corrected chi connectivity index (χ2v) is 8.29. The number of aryl methyl sites for hydroxylation is 1. The number of rotatable bonds is 3. The van der Waals surface area contributed by atoms with Gasteiger partial charge in [0.2, 0.25) is 5.91 Å². The van der Waals surface area contributed by atoms with Crippen molar-refractivity contribution in [3.63, 3.8) is 0 Å². The highest BCUT2D eigenvalue weighted by Gasteiger charge is 2.30. The highest BCUT2D eigenvalue weighted by Crippen LogP contribution is 2.30. The number of hydrogen-bond donors (Lipinski definition) is 1. The van der Waals surface area contributed by atoms with Gasteiger partial charge in [0.15, 0.2) is 5.65 Å². The van der Waals surface area contributed by atoms with Crippen LogP contribution < -0.4 is 10.9 Å². The molecule has 1 amide bonds. The first-order valence-electron chi connectivity index (χ1n) is 10.2. The zero-order valence-electron chi connectivity index (χ0n) is 17.0. The lowest BCUT2D eigenvalue weighted by atomic mass is 9.78. The zero-order chi connectivity index (χ0) is 20.0. The molecule has 148 valence electrons. The maximum atomic E-state index is 13.2. The van der Waals surface area contributed by atoms with Crippen LogP contribution >= 0.6 is 0 Å². The fourth-order valence-corrected chi connectivity index (χ4v) is 4.59. The van der Waals surface area contributed by atoms with Crippen LogP contribution in [0.3, 0.4) is 0 Å². The number of para-hydroxylation sites is 1. The molecule has 4 rings (SSSR count). The van der Waals surface area contributed by atoms with Gasteiger partial charge in [-0.25, -0.2) is 4.52 Å². The quantitative estimate of drug-likeness (QED) is 0.757. The molecule has 0 spiro atoms. The standard InChI is InChI=1S/C22H28N4O2/c1-13-8-7-10-18(15(13)3)23-22(28)16(4)26-19-11-6-5-9-17(19)21-24-20(27)12-14(2)25(21)26/h5-6,9,11-13,15-16,18H,7-8,10H2,1-4H3,(H,23,28)/t13-,15-,16-,18-/m1/s1. The number of carbonyl (C=O) groups is 1. The summed E-state index contributed by atoms with van der Waals surface area (Å²) in [6, 6.07) is 9.10. The smallest absolute Gasteiger partial charge is 0.273 e. The minimum absolute atomic E-state index is 0.00621. The average Bonchev–Trinajstić information content (AvgIpc) is 2.99. The summed E-state index contributed by atoms with van der Waals surface area (Å²) < 4.78 is 3.85. The van der Waals surface area contributed by atoms with Crippen LogP contribution in [0.1, 0.15) is 51.8 Å². The summed E-state index contributed by atoms with van der Waals surface area (Å²) in [6.07, 6.45) is 3.42. The van der Waals surface area contributed by atoms with Gasteiger partial charge in [0.05, 0.1) is 5.52 Å². The van der Waals surface area contributed by atoms with Gasteiger partial charge in [0, 0.05) is 23.2 Å². The molecule has 0 aliphatic heterocycles. The van der Waals surface area contributed by atoms with E-state index in [1.54, 1.807) is 0 Å². The number of amides is 1. The van der Waals surface area contributed by atoms with Crippen molar-refractivity contribution in [3.05, 3.63) is 46.4 Å². The summed E-state index contributed by atoms with van der Waals surface area (Å²) in [5.74, 6) is 1.10. The second-order valence-electron chi connectivity index (χ2n) is 8.29. The molecule has 2 aromatic heterocycles. The summed E-state index contributed by atoms with van der Waals surface area (Å²) in [6.45, 7) is 8.29. The molecule has 2 heterocycles. The number of carbonyl (C=O) groups excluding carboxylic acids is 1. The second kappa shape index (κ2) is 7.08. The molecule has 0 saturated heterocycles. The summed E-state index contributed by atoms with van der Waals surface area (Å²) in [5.41, 5.74) is 2.00. The van der Waals surface area contributed by atoms with Crippen LogP contribution in [0.5, 0.6) is 0 Å². The molecule has 3 aromatic rings. The van der Waals surface area contributed by atoms with Crippen LogP contribution in [0, 0.1) is 18.8 Å². The Balaban J connectivity index is 1.77. The molecule has 1 aliphatic carbocycles. The molecule has 1 fully saturated rings. The Morgan fingerprint density at radius 2 is 2.00 bits per heavy atom. The Bertz CT molecular complexity index is 1100. The number of nitrogens with zero attached hydrogens (tertiary/aromatic N) is 3. The minimum Gasteiger partial charge on any atom is -0.351 e. The predicted molar refractivity (Wildman–Crippen MR) is 111 cm³/mol. The summed E-state index contributed by atoms with van der Waals surface area (Å²) in [7, 11) is 0. The number of nitrogens with one attached hydrogen (secondary N) is 1. The fraction of sp³-hybridized carbons (Fsp3) is 0.500. The third kappa shape index (κ3) is 3.01. The van der Waals surface area contributed by atoms with Crippen LogP contribution in [0.2, 0.25) is 0 Å². The number of aromatic nitrogens is 3. The maximum absolute atomic E-state index is 13.2. The van der Waals surface area contributed by atoms with Gasteiger partial charge in [0.25, 0.3) is 5.56 Å². The first-order valence-corrected chi connectivity index (χ1v) is 10.2. The molecule has 1 aromatic carbocycles. The molecule has 6 nitrogen and oxygen atoms in total. The van der Waals surface area contributed by atoms with Crippen LogP contribution in [0.15, 0.2) is 35.1 Å². The van der Waals surface area contributed by atoms with Gasteiger partial charge in [-0.15, -0.1) is 0 Å². The molecule has 0 unspecified atom stereocenters. The Hall–Kier alpha value is -2.63. The largest absolute Gasteiger partial charge is 0.351 e. The van der Waals surface area contributed by atoms with Crippen molar-refractivity contribution in [1.82, 2.24) is 19.5 Å². The van der Waals surface area contributed by atoms with Gasteiger partial charge >= 0.3 is 0 Å². The molecule has 0 radical (unpaired) electrons. The van der Waals surface area contributed by atoms with E-state index >= 15 is 0 Å². The Kier molecular flexibility index (Phi) is 4.73. The van der Waals surface area contributed by atoms with Crippen molar-refractivity contribution in [3.8, 4) is 0 Å². The normalized spacial score (nSPS) is 23.8. The van der Waals surface area contributed by atoms with Crippen LogP contribution in [-0.4, -0.2) is 26.1 Å². The SMILES string of the molecule is Cc1cc(=O)nc2c3ccccc3n([C@H](C)C(=O)N[C@@H]3CCC[C@@H](C)[C@H]3C)n12. The van der Waals surface area contributed by atoms with Gasteiger partial charge in [-0.2, -0.15) is 4.98 Å². The van der Waals surface area contributed by atoms with Crippen molar-refractivity contribution in [2.45, 2.75) is 59.0 Å². The lowest BCUT2D eigenvalue weighted by Crippen LogP contribution is -2.46. The summed E-state index contributed by atoms with van der Waals surface area (Å²) in [5, 5.41) is 4.17. The van der Waals surface area contributed by atoms with Crippen LogP contribution in [0.4, 0.5) is 0 Å². The third-order valence-electron chi connectivity index (χ3n) is 6.47. The van der Waals surface area contributed by atoms with Crippen molar-refractivity contribution >= 4 is 22.5 Å². The maximum Gasteiger partial charge on any atom is 0.273 e. The van der Waals surface area contributed by atoms with Crippen molar-refractivity contribution in [1.29, 1.82) is 0 Å². The first-order chi connectivity index (χ1) is 13.4. The molecular weight excluding hydrogens is 352 g/mol. The first kappa shape index (κ1) is 18.7. The van der Waals surface area contributed by atoms with E-state index in [9.17, 15) is 9.59 Å². The van der Waals surface area contributed by atoms with Crippen molar-refractivity contribution in [2.24, 2.45) is 11.8 Å². The Labute approximate surface area is 164 Å². The van der Waals surface area contributed by atoms with Gasteiger partial charge in [0.1, 0.15) is 6.04 Å². The topological polar surface area (TPSA) is 68.4 Å². The average molecular weight is 380 g/mol. The van der Waals surface area contributed by atoms with Crippen molar-refractivity contribution < 1.29 is 4.79 Å². The molecular formula is C22H28N4O2. The molecule has 6 heteroatoms. The lowest BCUT2D eigenvalue weighted by Gasteiger charge is -2.35. The van der Waals surface area contributed by atoms with E-state index in [1.807, 2.05) is 47.3 Å². The molecule has 4 atom stereocenters. The molecule has 1 aliphatic rings. The fourth-order valence-electron chi connectivity index (χ4n) is 4.59. The van der Waals surface area contributed by atoms with Crippen LogP contribution in [0.25, 0.3) is 16.6 Å². The van der Waals surface area contributed by atoms with E-state index < -0.39 is 6.04 Å². The van der Waals surface area contributed by atoms with Crippen LogP contribution in [-0.2, 0) is 4.79 Å². The summed E-state index contributed by atoms with van der Waals surface area (Å²) in [4.78, 5) is 29.4. The predicted octanol–water partition coefficient (Wildman–Crippen LogP) is 3.46. The number of fused-ring (bicyclic) bond motifs is 3. The van der Waals surface area contributed by atoms with Gasteiger partial charge < -0.3 is 5.32 Å². The molecule has 1 saturated carbocycles. The van der Waals surface area contributed by atoms with E-state index in [-0.39, 0.29) is 17.5 Å². The number of benzene rings is 1. The molecule has 28 heavy (non-hydrogen) atoms. The van der Waals surface area contributed by atoms with E-state index in [2.05, 4.69) is 24.1 Å². The Morgan fingerprint density at radius 3 is 2.79 bits per heavy atom. The highest BCUT2D eigenvalue weighted by molar-refractivity contribution is 5.94. The third-order valence-corrected chi connectivity index (χ3v) is 6.47. The van der Waals surface area contributed by atoms with Crippen molar-refractivity contribution in [2.75, 3.05) is 0 Å². The zero-order valence-corrected chi connectivity index (χ0v) is 17.0. The van der Waals surface area contributed by atoms with E-state index in [0.717, 1.165) is 29.4 Å². The molecule has 0 bridgehead atoms. The van der Waals surface area contributed by atoms with E-state index in [1.165, 1.54) is 12.5 Å². The minimum atomic E-state index is -0.421. The van der Waals surface area contributed by atoms with E-state index in [4.69, 9.17) is 0 Å². The molecule has 1 N–H and O–H groups in total. The number of hydrogen-bond acceptors (Lipinski definition) is 3. The Morgan fingerprint density at radius 1 is 1.25 bits per heavy atom.